The van der Waals surface area contributed by atoms with E-state index in [9.17, 15) is 14.9 Å². The molecule has 0 aliphatic carbocycles. The second kappa shape index (κ2) is 7.79. The van der Waals surface area contributed by atoms with E-state index in [0.29, 0.717) is 34.3 Å². The number of carbonyl (C=O) groups is 1. The first-order valence-corrected chi connectivity index (χ1v) is 8.61. The molecule has 0 bridgehead atoms. The molecule has 2 heterocycles. The Hall–Kier alpha value is -3.20. The molecular weight excluding hydrogens is 356 g/mol. The Bertz CT molecular complexity index is 921. The first-order chi connectivity index (χ1) is 12.5. The van der Waals surface area contributed by atoms with Gasteiger partial charge in [0.1, 0.15) is 12.4 Å². The highest BCUT2D eigenvalue weighted by Gasteiger charge is 2.19. The normalized spacial score (nSPS) is 10.5. The Morgan fingerprint density at radius 1 is 1.38 bits per heavy atom. The standard InChI is InChI=1S/C17H16N4O4S/c1-12-15(21(23)24)11-16(26-12)17(22)19-13-4-2-5-14(10-13)25-9-8-20-7-3-6-18-20/h2-7,10-11H,8-9H2,1H3,(H,19,22). The lowest BCUT2D eigenvalue weighted by molar-refractivity contribution is -0.385. The number of thiophene rings is 1. The number of aryl methyl sites for hydroxylation is 1. The number of amides is 1. The van der Waals surface area contributed by atoms with E-state index in [0.717, 1.165) is 11.3 Å². The SMILES string of the molecule is Cc1sc(C(=O)Nc2cccc(OCCn3cccn3)c2)cc1[N+](=O)[O-]. The van der Waals surface area contributed by atoms with Gasteiger partial charge in [-0.3, -0.25) is 19.6 Å². The molecular formula is C17H16N4O4S. The molecule has 1 amide bonds. The van der Waals surface area contributed by atoms with Crippen LogP contribution in [-0.4, -0.2) is 27.2 Å². The number of anilines is 1. The van der Waals surface area contributed by atoms with Crippen LogP contribution in [0, 0.1) is 17.0 Å². The van der Waals surface area contributed by atoms with Crippen molar-refractivity contribution in [2.24, 2.45) is 0 Å². The van der Waals surface area contributed by atoms with Gasteiger partial charge in [-0.2, -0.15) is 5.10 Å². The number of hydrogen-bond donors (Lipinski definition) is 1. The summed E-state index contributed by atoms with van der Waals surface area (Å²) in [5, 5.41) is 17.7. The maximum absolute atomic E-state index is 12.3. The van der Waals surface area contributed by atoms with Crippen LogP contribution in [0.25, 0.3) is 0 Å². The Morgan fingerprint density at radius 2 is 2.23 bits per heavy atom. The third-order valence-corrected chi connectivity index (χ3v) is 4.59. The highest BCUT2D eigenvalue weighted by atomic mass is 32.1. The number of rotatable bonds is 7. The summed E-state index contributed by atoms with van der Waals surface area (Å²) in [7, 11) is 0. The predicted molar refractivity (Wildman–Crippen MR) is 97.8 cm³/mol. The van der Waals surface area contributed by atoms with Crippen LogP contribution < -0.4 is 10.1 Å². The molecule has 0 aliphatic rings. The zero-order chi connectivity index (χ0) is 18.5. The minimum absolute atomic E-state index is 0.0455. The largest absolute Gasteiger partial charge is 0.492 e. The second-order valence-electron chi connectivity index (χ2n) is 5.41. The third-order valence-electron chi connectivity index (χ3n) is 3.55. The molecule has 8 nitrogen and oxygen atoms in total. The number of carbonyl (C=O) groups excluding carboxylic acids is 1. The van der Waals surface area contributed by atoms with E-state index in [1.807, 2.05) is 12.3 Å². The van der Waals surface area contributed by atoms with Crippen LogP contribution in [0.4, 0.5) is 11.4 Å². The zero-order valence-corrected chi connectivity index (χ0v) is 14.7. The van der Waals surface area contributed by atoms with E-state index < -0.39 is 4.92 Å². The average Bonchev–Trinajstić information content (AvgIpc) is 3.25. The molecule has 0 aliphatic heterocycles. The van der Waals surface area contributed by atoms with E-state index in [2.05, 4.69) is 10.4 Å². The van der Waals surface area contributed by atoms with E-state index >= 15 is 0 Å². The molecule has 0 fully saturated rings. The number of nitro groups is 1. The molecule has 0 saturated heterocycles. The number of ether oxygens (including phenoxy) is 1. The predicted octanol–water partition coefficient (Wildman–Crippen LogP) is 3.49. The van der Waals surface area contributed by atoms with Gasteiger partial charge >= 0.3 is 0 Å². The summed E-state index contributed by atoms with van der Waals surface area (Å²) in [4.78, 5) is 23.5. The first-order valence-electron chi connectivity index (χ1n) is 7.79. The molecule has 26 heavy (non-hydrogen) atoms. The number of benzene rings is 1. The molecule has 3 rings (SSSR count). The highest BCUT2D eigenvalue weighted by molar-refractivity contribution is 7.14. The van der Waals surface area contributed by atoms with Crippen LogP contribution in [0.15, 0.2) is 48.8 Å². The topological polar surface area (TPSA) is 99.3 Å². The Kier molecular flexibility index (Phi) is 5.28. The van der Waals surface area contributed by atoms with Crippen molar-refractivity contribution >= 4 is 28.6 Å². The van der Waals surface area contributed by atoms with Gasteiger partial charge in [0.15, 0.2) is 0 Å². The van der Waals surface area contributed by atoms with Gasteiger partial charge in [0.25, 0.3) is 11.6 Å². The summed E-state index contributed by atoms with van der Waals surface area (Å²) in [6, 6.07) is 10.1. The fourth-order valence-corrected chi connectivity index (χ4v) is 3.19. The van der Waals surface area contributed by atoms with Gasteiger partial charge in [-0.25, -0.2) is 0 Å². The summed E-state index contributed by atoms with van der Waals surface area (Å²) in [5.74, 6) is 0.225. The maximum Gasteiger partial charge on any atom is 0.283 e. The molecule has 0 radical (unpaired) electrons. The van der Waals surface area contributed by atoms with Crippen molar-refractivity contribution in [1.82, 2.24) is 9.78 Å². The Balaban J connectivity index is 1.61. The van der Waals surface area contributed by atoms with Gasteiger partial charge in [0.05, 0.1) is 21.2 Å². The summed E-state index contributed by atoms with van der Waals surface area (Å²) in [6.07, 6.45) is 3.55. The van der Waals surface area contributed by atoms with Crippen molar-refractivity contribution in [3.8, 4) is 5.75 Å². The molecule has 1 N–H and O–H groups in total. The van der Waals surface area contributed by atoms with Gasteiger partial charge in [-0.05, 0) is 25.1 Å². The lowest BCUT2D eigenvalue weighted by Gasteiger charge is -2.09. The van der Waals surface area contributed by atoms with Crippen LogP contribution in [0.5, 0.6) is 5.75 Å². The molecule has 3 aromatic rings. The van der Waals surface area contributed by atoms with Crippen LogP contribution in [0.1, 0.15) is 14.5 Å². The van der Waals surface area contributed by atoms with E-state index in [1.54, 1.807) is 42.1 Å². The fraction of sp³-hybridized carbons (Fsp3) is 0.176. The molecule has 134 valence electrons. The number of nitrogens with one attached hydrogen (secondary N) is 1. The van der Waals surface area contributed by atoms with Crippen molar-refractivity contribution in [2.75, 3.05) is 11.9 Å². The van der Waals surface area contributed by atoms with Crippen LogP contribution in [0.3, 0.4) is 0 Å². The van der Waals surface area contributed by atoms with Gasteiger partial charge < -0.3 is 10.1 Å². The average molecular weight is 372 g/mol. The number of aromatic nitrogens is 2. The lowest BCUT2D eigenvalue weighted by Crippen LogP contribution is -2.11. The molecule has 0 atom stereocenters. The van der Waals surface area contributed by atoms with Gasteiger partial charge in [0, 0.05) is 30.2 Å². The number of hydrogen-bond acceptors (Lipinski definition) is 6. The smallest absolute Gasteiger partial charge is 0.283 e. The van der Waals surface area contributed by atoms with E-state index in [-0.39, 0.29) is 11.6 Å². The van der Waals surface area contributed by atoms with Crippen LogP contribution in [-0.2, 0) is 6.54 Å². The fourth-order valence-electron chi connectivity index (χ4n) is 2.31. The lowest BCUT2D eigenvalue weighted by atomic mass is 10.3. The van der Waals surface area contributed by atoms with Crippen LogP contribution in [0.2, 0.25) is 0 Å². The van der Waals surface area contributed by atoms with E-state index in [4.69, 9.17) is 4.74 Å². The minimum atomic E-state index is -0.489. The molecule has 0 unspecified atom stereocenters. The summed E-state index contributed by atoms with van der Waals surface area (Å²) in [5.41, 5.74) is 0.510. The van der Waals surface area contributed by atoms with Gasteiger partial charge in [-0.15, -0.1) is 11.3 Å². The second-order valence-corrected chi connectivity index (χ2v) is 6.67. The van der Waals surface area contributed by atoms with Gasteiger partial charge in [0.2, 0.25) is 0 Å². The molecule has 1 aromatic carbocycles. The van der Waals surface area contributed by atoms with E-state index in [1.165, 1.54) is 6.07 Å². The zero-order valence-electron chi connectivity index (χ0n) is 13.9. The van der Waals surface area contributed by atoms with Crippen molar-refractivity contribution in [1.29, 1.82) is 0 Å². The molecule has 0 saturated carbocycles. The summed E-state index contributed by atoms with van der Waals surface area (Å²) in [6.45, 7) is 2.67. The van der Waals surface area contributed by atoms with Crippen molar-refractivity contribution in [3.63, 3.8) is 0 Å². The minimum Gasteiger partial charge on any atom is -0.492 e. The highest BCUT2D eigenvalue weighted by Crippen LogP contribution is 2.29. The maximum atomic E-state index is 12.3. The third kappa shape index (κ3) is 4.25. The quantitative estimate of drug-likeness (QED) is 0.505. The van der Waals surface area contributed by atoms with Crippen molar-refractivity contribution in [3.05, 3.63) is 68.7 Å². The first kappa shape index (κ1) is 17.6. The summed E-state index contributed by atoms with van der Waals surface area (Å²) < 4.78 is 7.42. The van der Waals surface area contributed by atoms with Crippen LogP contribution >= 0.6 is 11.3 Å². The molecule has 2 aromatic heterocycles. The van der Waals surface area contributed by atoms with Gasteiger partial charge in [-0.1, -0.05) is 6.07 Å². The molecule has 9 heteroatoms. The van der Waals surface area contributed by atoms with Crippen molar-refractivity contribution in [2.45, 2.75) is 13.5 Å². The monoisotopic (exact) mass is 372 g/mol. The Labute approximate surface area is 153 Å². The summed E-state index contributed by atoms with van der Waals surface area (Å²) >= 11 is 1.09. The molecule has 0 spiro atoms. The van der Waals surface area contributed by atoms with Crippen molar-refractivity contribution < 1.29 is 14.5 Å². The number of nitrogens with zero attached hydrogens (tertiary/aromatic N) is 3. The Morgan fingerprint density at radius 3 is 2.92 bits per heavy atom.